The first-order valence-corrected chi connectivity index (χ1v) is 6.71. The van der Waals surface area contributed by atoms with Crippen molar-refractivity contribution in [2.45, 2.75) is 32.6 Å². The molecule has 0 saturated carbocycles. The molecule has 0 spiro atoms. The highest BCUT2D eigenvalue weighted by atomic mass is 14.6. The number of hydrogen-bond donors (Lipinski definition) is 2. The van der Waals surface area contributed by atoms with Crippen LogP contribution in [-0.2, 0) is 5.41 Å². The number of rotatable bonds is 3. The lowest BCUT2D eigenvalue weighted by Crippen LogP contribution is -2.24. The van der Waals surface area contributed by atoms with Gasteiger partial charge in [0.05, 0.1) is 0 Å². The van der Waals surface area contributed by atoms with Crippen LogP contribution in [-0.4, -0.2) is 0 Å². The lowest BCUT2D eigenvalue weighted by molar-refractivity contribution is 0.551. The molecule has 0 aliphatic heterocycles. The van der Waals surface area contributed by atoms with Crippen LogP contribution in [0.5, 0.6) is 0 Å². The molecule has 0 aliphatic rings. The molecule has 0 fully saturated rings. The van der Waals surface area contributed by atoms with E-state index in [0.29, 0.717) is 0 Å². The largest absolute Gasteiger partial charge is 0.398 e. The molecule has 1 atom stereocenters. The summed E-state index contributed by atoms with van der Waals surface area (Å²) in [5.74, 6) is 0. The first-order valence-electron chi connectivity index (χ1n) is 6.71. The highest BCUT2D eigenvalue weighted by Gasteiger charge is 2.29. The SMILES string of the molecule is CCC(C)(c1ccccc1)c1ccc(N)c(C)c1N. The minimum atomic E-state index is -0.0796. The molecule has 0 aromatic heterocycles. The molecule has 2 rings (SSSR count). The van der Waals surface area contributed by atoms with Crippen molar-refractivity contribution in [2.24, 2.45) is 0 Å². The summed E-state index contributed by atoms with van der Waals surface area (Å²) in [5, 5.41) is 0. The van der Waals surface area contributed by atoms with Crippen molar-refractivity contribution < 1.29 is 0 Å². The van der Waals surface area contributed by atoms with Crippen LogP contribution < -0.4 is 11.5 Å². The topological polar surface area (TPSA) is 52.0 Å². The van der Waals surface area contributed by atoms with Crippen LogP contribution in [0.2, 0.25) is 0 Å². The van der Waals surface area contributed by atoms with E-state index in [4.69, 9.17) is 11.5 Å². The van der Waals surface area contributed by atoms with Gasteiger partial charge in [-0.2, -0.15) is 0 Å². The van der Waals surface area contributed by atoms with Crippen molar-refractivity contribution in [3.05, 3.63) is 59.2 Å². The monoisotopic (exact) mass is 254 g/mol. The van der Waals surface area contributed by atoms with Gasteiger partial charge < -0.3 is 11.5 Å². The van der Waals surface area contributed by atoms with Crippen LogP contribution in [0.25, 0.3) is 0 Å². The maximum atomic E-state index is 6.30. The summed E-state index contributed by atoms with van der Waals surface area (Å²) in [5.41, 5.74) is 17.2. The van der Waals surface area contributed by atoms with Gasteiger partial charge in [0, 0.05) is 16.8 Å². The Balaban J connectivity index is 2.63. The van der Waals surface area contributed by atoms with Crippen LogP contribution >= 0.6 is 0 Å². The molecular weight excluding hydrogens is 232 g/mol. The molecule has 0 heterocycles. The van der Waals surface area contributed by atoms with Gasteiger partial charge in [0.2, 0.25) is 0 Å². The van der Waals surface area contributed by atoms with Crippen LogP contribution in [0, 0.1) is 6.92 Å². The molecule has 0 radical (unpaired) electrons. The molecule has 0 saturated heterocycles. The van der Waals surface area contributed by atoms with E-state index in [1.165, 1.54) is 5.56 Å². The van der Waals surface area contributed by atoms with Crippen LogP contribution in [0.3, 0.4) is 0 Å². The smallest absolute Gasteiger partial charge is 0.0406 e. The maximum absolute atomic E-state index is 6.30. The molecule has 0 bridgehead atoms. The van der Waals surface area contributed by atoms with E-state index in [0.717, 1.165) is 28.9 Å². The van der Waals surface area contributed by atoms with Gasteiger partial charge in [-0.1, -0.05) is 50.2 Å². The van der Waals surface area contributed by atoms with Gasteiger partial charge in [0.15, 0.2) is 0 Å². The van der Waals surface area contributed by atoms with Crippen molar-refractivity contribution in [3.8, 4) is 0 Å². The quantitative estimate of drug-likeness (QED) is 0.817. The number of hydrogen-bond acceptors (Lipinski definition) is 2. The second kappa shape index (κ2) is 4.96. The fraction of sp³-hybridized carbons (Fsp3) is 0.294. The van der Waals surface area contributed by atoms with Crippen molar-refractivity contribution >= 4 is 11.4 Å². The summed E-state index contributed by atoms with van der Waals surface area (Å²) in [6.07, 6.45) is 0.991. The van der Waals surface area contributed by atoms with E-state index in [-0.39, 0.29) is 5.41 Å². The highest BCUT2D eigenvalue weighted by molar-refractivity contribution is 5.67. The van der Waals surface area contributed by atoms with Crippen LogP contribution in [0.1, 0.15) is 37.0 Å². The lowest BCUT2D eigenvalue weighted by atomic mass is 9.73. The maximum Gasteiger partial charge on any atom is 0.0406 e. The van der Waals surface area contributed by atoms with Gasteiger partial charge in [-0.25, -0.2) is 0 Å². The first-order chi connectivity index (χ1) is 9.00. The van der Waals surface area contributed by atoms with Crippen molar-refractivity contribution in [1.29, 1.82) is 0 Å². The third-order valence-corrected chi connectivity index (χ3v) is 4.27. The minimum absolute atomic E-state index is 0.0796. The zero-order chi connectivity index (χ0) is 14.0. The number of anilines is 2. The fourth-order valence-electron chi connectivity index (χ4n) is 2.58. The van der Waals surface area contributed by atoms with Crippen molar-refractivity contribution in [2.75, 3.05) is 11.5 Å². The van der Waals surface area contributed by atoms with E-state index in [1.807, 2.05) is 19.1 Å². The van der Waals surface area contributed by atoms with Gasteiger partial charge in [-0.15, -0.1) is 0 Å². The molecule has 100 valence electrons. The average Bonchev–Trinajstić information content (AvgIpc) is 2.45. The number of nitrogens with two attached hydrogens (primary N) is 2. The number of nitrogen functional groups attached to an aromatic ring is 2. The molecule has 0 aliphatic carbocycles. The summed E-state index contributed by atoms with van der Waals surface area (Å²) in [7, 11) is 0. The van der Waals surface area contributed by atoms with Crippen molar-refractivity contribution in [1.82, 2.24) is 0 Å². The van der Waals surface area contributed by atoms with E-state index in [9.17, 15) is 0 Å². The van der Waals surface area contributed by atoms with Crippen LogP contribution in [0.4, 0.5) is 11.4 Å². The van der Waals surface area contributed by atoms with E-state index >= 15 is 0 Å². The third-order valence-electron chi connectivity index (χ3n) is 4.27. The van der Waals surface area contributed by atoms with Crippen molar-refractivity contribution in [3.63, 3.8) is 0 Å². The number of benzene rings is 2. The van der Waals surface area contributed by atoms with Gasteiger partial charge in [0.1, 0.15) is 0 Å². The van der Waals surface area contributed by atoms with E-state index in [2.05, 4.69) is 44.2 Å². The van der Waals surface area contributed by atoms with Gasteiger partial charge in [-0.05, 0) is 36.1 Å². The zero-order valence-corrected chi connectivity index (χ0v) is 11.9. The fourth-order valence-corrected chi connectivity index (χ4v) is 2.58. The summed E-state index contributed by atoms with van der Waals surface area (Å²) in [6, 6.07) is 14.5. The molecular formula is C17H22N2. The van der Waals surface area contributed by atoms with Crippen LogP contribution in [0.15, 0.2) is 42.5 Å². The predicted molar refractivity (Wildman–Crippen MR) is 83.2 cm³/mol. The summed E-state index contributed by atoms with van der Waals surface area (Å²) in [6.45, 7) is 6.41. The molecule has 2 aromatic carbocycles. The van der Waals surface area contributed by atoms with Gasteiger partial charge in [-0.3, -0.25) is 0 Å². The Kier molecular flexibility index (Phi) is 3.52. The molecule has 2 heteroatoms. The highest BCUT2D eigenvalue weighted by Crippen LogP contribution is 2.40. The zero-order valence-electron chi connectivity index (χ0n) is 11.9. The van der Waals surface area contributed by atoms with Gasteiger partial charge >= 0.3 is 0 Å². The Labute approximate surface area is 115 Å². The molecule has 1 unspecified atom stereocenters. The summed E-state index contributed by atoms with van der Waals surface area (Å²) < 4.78 is 0. The molecule has 0 amide bonds. The van der Waals surface area contributed by atoms with E-state index < -0.39 is 0 Å². The lowest BCUT2D eigenvalue weighted by Gasteiger charge is -2.31. The predicted octanol–water partition coefficient (Wildman–Crippen LogP) is 3.88. The Bertz CT molecular complexity index is 575. The Morgan fingerprint density at radius 2 is 1.63 bits per heavy atom. The normalized spacial score (nSPS) is 14.1. The minimum Gasteiger partial charge on any atom is -0.398 e. The van der Waals surface area contributed by atoms with Gasteiger partial charge in [0.25, 0.3) is 0 Å². The average molecular weight is 254 g/mol. The summed E-state index contributed by atoms with van der Waals surface area (Å²) >= 11 is 0. The third kappa shape index (κ3) is 2.19. The van der Waals surface area contributed by atoms with E-state index in [1.54, 1.807) is 0 Å². The first kappa shape index (κ1) is 13.5. The Hall–Kier alpha value is -1.96. The molecule has 19 heavy (non-hydrogen) atoms. The Morgan fingerprint density at radius 3 is 2.21 bits per heavy atom. The molecule has 2 nitrogen and oxygen atoms in total. The molecule has 4 N–H and O–H groups in total. The second-order valence-electron chi connectivity index (χ2n) is 5.29. The standard InChI is InChI=1S/C17H22N2/c1-4-17(3,13-8-6-5-7-9-13)14-10-11-15(18)12(2)16(14)19/h5-11H,4,18-19H2,1-3H3. The molecule has 2 aromatic rings. The Morgan fingerprint density at radius 1 is 1.00 bits per heavy atom. The summed E-state index contributed by atoms with van der Waals surface area (Å²) in [4.78, 5) is 0. The second-order valence-corrected chi connectivity index (χ2v) is 5.29.